The Bertz CT molecular complexity index is 645. The highest BCUT2D eigenvalue weighted by Crippen LogP contribution is 2.12. The van der Waals surface area contributed by atoms with Gasteiger partial charge in [-0.25, -0.2) is 0 Å². The Balaban J connectivity index is 0.00000288. The minimum absolute atomic E-state index is 0. The number of aromatic hydroxyl groups is 1. The zero-order valence-electron chi connectivity index (χ0n) is 13.7. The third kappa shape index (κ3) is 7.08. The Hall–Kier alpha value is -1.96. The van der Waals surface area contributed by atoms with Crippen molar-refractivity contribution < 1.29 is 9.84 Å². The van der Waals surface area contributed by atoms with E-state index in [4.69, 9.17) is 10.5 Å². The summed E-state index contributed by atoms with van der Waals surface area (Å²) in [5, 5.41) is 12.5. The van der Waals surface area contributed by atoms with Gasteiger partial charge in [0.2, 0.25) is 0 Å². The van der Waals surface area contributed by atoms with Crippen molar-refractivity contribution in [2.24, 2.45) is 10.7 Å². The van der Waals surface area contributed by atoms with Crippen LogP contribution in [0.2, 0.25) is 0 Å². The smallest absolute Gasteiger partial charge is 0.188 e. The first-order valence-corrected chi connectivity index (χ1v) is 7.62. The molecule has 0 saturated carbocycles. The number of guanidine groups is 1. The van der Waals surface area contributed by atoms with Gasteiger partial charge in [-0.15, -0.1) is 24.0 Å². The van der Waals surface area contributed by atoms with E-state index >= 15 is 0 Å². The molecule has 0 unspecified atom stereocenters. The number of phenolic OH excluding ortho intramolecular Hbond substituents is 1. The van der Waals surface area contributed by atoms with Crippen LogP contribution in [0.1, 0.15) is 11.1 Å². The van der Waals surface area contributed by atoms with E-state index in [9.17, 15) is 5.11 Å². The number of hydrogen-bond donors (Lipinski definition) is 3. The number of nitrogens with one attached hydrogen (secondary N) is 1. The number of methoxy groups -OCH3 is 1. The fraction of sp³-hybridized carbons (Fsp3) is 0.278. The highest BCUT2D eigenvalue weighted by molar-refractivity contribution is 14.0. The summed E-state index contributed by atoms with van der Waals surface area (Å²) in [5.74, 6) is 1.58. The summed E-state index contributed by atoms with van der Waals surface area (Å²) in [6.07, 6.45) is 1.61. The van der Waals surface area contributed by atoms with E-state index in [1.54, 1.807) is 19.2 Å². The Morgan fingerprint density at radius 3 is 2.54 bits per heavy atom. The zero-order valence-corrected chi connectivity index (χ0v) is 16.1. The van der Waals surface area contributed by atoms with E-state index in [1.165, 1.54) is 5.56 Å². The summed E-state index contributed by atoms with van der Waals surface area (Å²) in [4.78, 5) is 4.31. The van der Waals surface area contributed by atoms with Crippen molar-refractivity contribution >= 4 is 29.9 Å². The third-order valence-corrected chi connectivity index (χ3v) is 3.47. The molecule has 0 aliphatic rings. The first-order chi connectivity index (χ1) is 11.2. The molecular formula is C18H24IN3O2. The summed E-state index contributed by atoms with van der Waals surface area (Å²) >= 11 is 0. The highest BCUT2D eigenvalue weighted by atomic mass is 127. The fourth-order valence-corrected chi connectivity index (χ4v) is 2.20. The van der Waals surface area contributed by atoms with Gasteiger partial charge in [-0.2, -0.15) is 0 Å². The summed E-state index contributed by atoms with van der Waals surface area (Å²) in [6, 6.07) is 15.1. The van der Waals surface area contributed by atoms with Crippen molar-refractivity contribution in [3.05, 3.63) is 59.7 Å². The van der Waals surface area contributed by atoms with Gasteiger partial charge in [0.15, 0.2) is 5.96 Å². The normalized spacial score (nSPS) is 10.8. The Morgan fingerprint density at radius 2 is 1.88 bits per heavy atom. The maximum atomic E-state index is 9.40. The van der Waals surface area contributed by atoms with E-state index in [2.05, 4.69) is 10.3 Å². The quantitative estimate of drug-likeness (QED) is 0.351. The molecule has 24 heavy (non-hydrogen) atoms. The molecule has 2 aromatic rings. The molecule has 6 heteroatoms. The van der Waals surface area contributed by atoms with Crippen molar-refractivity contribution in [1.29, 1.82) is 0 Å². The minimum Gasteiger partial charge on any atom is -0.508 e. The largest absolute Gasteiger partial charge is 0.508 e. The van der Waals surface area contributed by atoms with Crippen molar-refractivity contribution in [3.8, 4) is 11.5 Å². The molecule has 0 amide bonds. The lowest BCUT2D eigenvalue weighted by Gasteiger charge is -2.06. The molecule has 0 bridgehead atoms. The maximum Gasteiger partial charge on any atom is 0.188 e. The van der Waals surface area contributed by atoms with E-state index in [-0.39, 0.29) is 29.7 Å². The molecular weight excluding hydrogens is 417 g/mol. The van der Waals surface area contributed by atoms with Gasteiger partial charge < -0.3 is 20.9 Å². The molecule has 0 radical (unpaired) electrons. The third-order valence-electron chi connectivity index (χ3n) is 3.47. The molecule has 0 saturated heterocycles. The van der Waals surface area contributed by atoms with Crippen LogP contribution < -0.4 is 15.8 Å². The lowest BCUT2D eigenvalue weighted by molar-refractivity contribution is 0.414. The van der Waals surface area contributed by atoms with Crippen LogP contribution in [-0.2, 0) is 12.8 Å². The number of halogens is 1. The Labute approximate surface area is 160 Å². The van der Waals surface area contributed by atoms with Gasteiger partial charge in [-0.1, -0.05) is 24.3 Å². The molecule has 5 nitrogen and oxygen atoms in total. The maximum absolute atomic E-state index is 9.40. The van der Waals surface area contributed by atoms with Crippen LogP contribution in [0, 0.1) is 0 Å². The Kier molecular flexibility index (Phi) is 8.99. The molecule has 2 aromatic carbocycles. The molecule has 130 valence electrons. The van der Waals surface area contributed by atoms with Crippen LogP contribution in [0.4, 0.5) is 0 Å². The van der Waals surface area contributed by atoms with Gasteiger partial charge in [-0.3, -0.25) is 4.99 Å². The van der Waals surface area contributed by atoms with Crippen molar-refractivity contribution in [2.45, 2.75) is 12.8 Å². The summed E-state index contributed by atoms with van der Waals surface area (Å²) in [7, 11) is 1.66. The number of rotatable bonds is 7. The average molecular weight is 441 g/mol. The first-order valence-electron chi connectivity index (χ1n) is 7.62. The number of aliphatic imine (C=N–C) groups is 1. The van der Waals surface area contributed by atoms with Gasteiger partial charge in [-0.05, 0) is 48.2 Å². The second kappa shape index (κ2) is 10.7. The predicted molar refractivity (Wildman–Crippen MR) is 108 cm³/mol. The van der Waals surface area contributed by atoms with E-state index in [0.717, 1.165) is 24.2 Å². The molecule has 0 heterocycles. The fourth-order valence-electron chi connectivity index (χ4n) is 2.20. The highest BCUT2D eigenvalue weighted by Gasteiger charge is 1.97. The van der Waals surface area contributed by atoms with Gasteiger partial charge in [0, 0.05) is 13.1 Å². The lowest BCUT2D eigenvalue weighted by atomic mass is 10.1. The number of ether oxygens (including phenoxy) is 1. The second-order valence-corrected chi connectivity index (χ2v) is 5.21. The number of benzene rings is 2. The molecule has 0 atom stereocenters. The SMILES string of the molecule is COc1ccc(CCN=C(N)NCCc2cccc(O)c2)cc1.I. The molecule has 0 spiro atoms. The lowest BCUT2D eigenvalue weighted by Crippen LogP contribution is -2.33. The molecule has 4 N–H and O–H groups in total. The van der Waals surface area contributed by atoms with Crippen LogP contribution in [0.25, 0.3) is 0 Å². The summed E-state index contributed by atoms with van der Waals surface area (Å²) in [6.45, 7) is 1.32. The first kappa shape index (κ1) is 20.1. The van der Waals surface area contributed by atoms with Crippen LogP contribution in [0.5, 0.6) is 11.5 Å². The Morgan fingerprint density at radius 1 is 1.12 bits per heavy atom. The molecule has 0 aliphatic heterocycles. The zero-order chi connectivity index (χ0) is 16.5. The number of phenols is 1. The van der Waals surface area contributed by atoms with E-state index in [0.29, 0.717) is 19.0 Å². The van der Waals surface area contributed by atoms with Crippen LogP contribution in [-0.4, -0.2) is 31.3 Å². The topological polar surface area (TPSA) is 79.9 Å². The summed E-state index contributed by atoms with van der Waals surface area (Å²) < 4.78 is 5.13. The minimum atomic E-state index is 0. The van der Waals surface area contributed by atoms with E-state index in [1.807, 2.05) is 36.4 Å². The van der Waals surface area contributed by atoms with Gasteiger partial charge in [0.25, 0.3) is 0 Å². The second-order valence-electron chi connectivity index (χ2n) is 5.21. The molecule has 0 aromatic heterocycles. The van der Waals surface area contributed by atoms with Crippen molar-refractivity contribution in [2.75, 3.05) is 20.2 Å². The predicted octanol–water partition coefficient (Wildman–Crippen LogP) is 2.71. The van der Waals surface area contributed by atoms with Gasteiger partial charge in [0.1, 0.15) is 11.5 Å². The molecule has 0 aliphatic carbocycles. The monoisotopic (exact) mass is 441 g/mol. The van der Waals surface area contributed by atoms with Crippen molar-refractivity contribution in [1.82, 2.24) is 5.32 Å². The molecule has 2 rings (SSSR count). The van der Waals surface area contributed by atoms with Crippen LogP contribution in [0.3, 0.4) is 0 Å². The number of nitrogens with zero attached hydrogens (tertiary/aromatic N) is 1. The van der Waals surface area contributed by atoms with Crippen LogP contribution in [0.15, 0.2) is 53.5 Å². The van der Waals surface area contributed by atoms with Crippen LogP contribution >= 0.6 is 24.0 Å². The van der Waals surface area contributed by atoms with E-state index < -0.39 is 0 Å². The van der Waals surface area contributed by atoms with Crippen molar-refractivity contribution in [3.63, 3.8) is 0 Å². The summed E-state index contributed by atoms with van der Waals surface area (Å²) in [5.41, 5.74) is 8.10. The average Bonchev–Trinajstić information content (AvgIpc) is 2.55. The number of hydrogen-bond acceptors (Lipinski definition) is 3. The standard InChI is InChI=1S/C18H23N3O2.HI/c1-23-17-7-5-14(6-8-17)9-11-20-18(19)21-12-10-15-3-2-4-16(22)13-15;/h2-8,13,22H,9-12H2,1H3,(H3,19,20,21);1H. The van der Waals surface area contributed by atoms with Gasteiger partial charge in [0.05, 0.1) is 7.11 Å². The number of nitrogens with two attached hydrogens (primary N) is 1. The van der Waals surface area contributed by atoms with Gasteiger partial charge >= 0.3 is 0 Å². The molecule has 0 fully saturated rings.